The number of piperidine rings is 1. The van der Waals surface area contributed by atoms with Crippen molar-refractivity contribution in [3.8, 4) is 0 Å². The highest BCUT2D eigenvalue weighted by molar-refractivity contribution is 5.29. The van der Waals surface area contributed by atoms with Crippen LogP contribution in [0.1, 0.15) is 19.8 Å². The fourth-order valence-electron chi connectivity index (χ4n) is 2.10. The standard InChI is InChI=1S/C12H20N4O/c1-10-2-7-16(8-3-10)9-6-14-11-12(17)15-5-4-13-11/h4-5,10H,2-3,6-9H2,1H3,(H,13,14)(H,15,17). The van der Waals surface area contributed by atoms with Crippen molar-refractivity contribution >= 4 is 5.82 Å². The fraction of sp³-hybridized carbons (Fsp3) is 0.667. The second-order valence-corrected chi connectivity index (χ2v) is 4.72. The van der Waals surface area contributed by atoms with Gasteiger partial charge in [-0.1, -0.05) is 6.92 Å². The third-order valence-corrected chi connectivity index (χ3v) is 3.30. The van der Waals surface area contributed by atoms with Gasteiger partial charge in [-0.25, -0.2) is 4.98 Å². The predicted octanol–water partition coefficient (Wildman–Crippen LogP) is 0.914. The molecule has 2 N–H and O–H groups in total. The average Bonchev–Trinajstić information content (AvgIpc) is 2.34. The number of nitrogens with zero attached hydrogens (tertiary/aromatic N) is 2. The number of nitrogens with one attached hydrogen (secondary N) is 2. The molecule has 0 radical (unpaired) electrons. The first-order chi connectivity index (χ1) is 8.25. The molecule has 1 saturated heterocycles. The van der Waals surface area contributed by atoms with Crippen LogP contribution in [-0.4, -0.2) is 41.0 Å². The van der Waals surface area contributed by atoms with Gasteiger partial charge >= 0.3 is 0 Å². The molecule has 94 valence electrons. The van der Waals surface area contributed by atoms with Crippen molar-refractivity contribution in [2.75, 3.05) is 31.5 Å². The SMILES string of the molecule is CC1CCN(CCNc2ncc[nH]c2=O)CC1. The molecule has 0 aromatic carbocycles. The van der Waals surface area contributed by atoms with Gasteiger partial charge in [0.25, 0.3) is 5.56 Å². The summed E-state index contributed by atoms with van der Waals surface area (Å²) in [4.78, 5) is 20.4. The quantitative estimate of drug-likeness (QED) is 0.816. The van der Waals surface area contributed by atoms with Gasteiger partial charge in [0, 0.05) is 25.5 Å². The molecule has 0 spiro atoms. The minimum atomic E-state index is -0.153. The zero-order chi connectivity index (χ0) is 12.1. The van der Waals surface area contributed by atoms with E-state index in [1.54, 1.807) is 12.4 Å². The second-order valence-electron chi connectivity index (χ2n) is 4.72. The maximum atomic E-state index is 11.4. The first-order valence-corrected chi connectivity index (χ1v) is 6.25. The molecule has 1 aliphatic heterocycles. The summed E-state index contributed by atoms with van der Waals surface area (Å²) in [6, 6.07) is 0. The van der Waals surface area contributed by atoms with Gasteiger partial charge in [-0.3, -0.25) is 4.79 Å². The Kier molecular flexibility index (Phi) is 4.14. The Balaban J connectivity index is 1.73. The molecule has 1 aliphatic rings. The number of aromatic amines is 1. The maximum absolute atomic E-state index is 11.4. The van der Waals surface area contributed by atoms with Crippen molar-refractivity contribution in [1.29, 1.82) is 0 Å². The van der Waals surface area contributed by atoms with Crippen LogP contribution >= 0.6 is 0 Å². The third-order valence-electron chi connectivity index (χ3n) is 3.30. The van der Waals surface area contributed by atoms with Crippen LogP contribution in [0.25, 0.3) is 0 Å². The number of anilines is 1. The van der Waals surface area contributed by atoms with Gasteiger partial charge < -0.3 is 15.2 Å². The summed E-state index contributed by atoms with van der Waals surface area (Å²) in [5.41, 5.74) is -0.153. The van der Waals surface area contributed by atoms with E-state index < -0.39 is 0 Å². The third kappa shape index (κ3) is 3.56. The van der Waals surface area contributed by atoms with Gasteiger partial charge in [0.15, 0.2) is 5.82 Å². The Labute approximate surface area is 101 Å². The van der Waals surface area contributed by atoms with Gasteiger partial charge in [0.05, 0.1) is 0 Å². The second kappa shape index (κ2) is 5.82. The first-order valence-electron chi connectivity index (χ1n) is 6.25. The average molecular weight is 236 g/mol. The summed E-state index contributed by atoms with van der Waals surface area (Å²) in [5, 5.41) is 3.07. The molecule has 0 saturated carbocycles. The molecule has 5 nitrogen and oxygen atoms in total. The molecule has 0 atom stereocenters. The Morgan fingerprint density at radius 2 is 2.29 bits per heavy atom. The molecule has 1 aromatic heterocycles. The van der Waals surface area contributed by atoms with E-state index >= 15 is 0 Å². The Morgan fingerprint density at radius 3 is 3.00 bits per heavy atom. The Morgan fingerprint density at radius 1 is 1.53 bits per heavy atom. The van der Waals surface area contributed by atoms with Crippen molar-refractivity contribution < 1.29 is 0 Å². The normalized spacial score (nSPS) is 18.2. The molecule has 2 heterocycles. The summed E-state index contributed by atoms with van der Waals surface area (Å²) in [6.07, 6.45) is 5.69. The van der Waals surface area contributed by atoms with E-state index in [4.69, 9.17) is 0 Å². The van der Waals surface area contributed by atoms with E-state index in [2.05, 4.69) is 27.1 Å². The highest BCUT2D eigenvalue weighted by atomic mass is 16.1. The van der Waals surface area contributed by atoms with E-state index in [0.29, 0.717) is 5.82 Å². The van der Waals surface area contributed by atoms with E-state index in [9.17, 15) is 4.79 Å². The molecule has 17 heavy (non-hydrogen) atoms. The molecule has 0 amide bonds. The first kappa shape index (κ1) is 12.1. The van der Waals surface area contributed by atoms with Crippen LogP contribution in [0.5, 0.6) is 0 Å². The van der Waals surface area contributed by atoms with Gasteiger partial charge in [-0.15, -0.1) is 0 Å². The van der Waals surface area contributed by atoms with Crippen LogP contribution in [0.3, 0.4) is 0 Å². The molecule has 1 fully saturated rings. The van der Waals surface area contributed by atoms with Crippen molar-refractivity contribution in [3.05, 3.63) is 22.7 Å². The van der Waals surface area contributed by atoms with E-state index in [1.165, 1.54) is 25.9 Å². The van der Waals surface area contributed by atoms with Crippen molar-refractivity contribution in [2.24, 2.45) is 5.92 Å². The number of H-pyrrole nitrogens is 1. The molecular formula is C12H20N4O. The molecular weight excluding hydrogens is 216 g/mol. The van der Waals surface area contributed by atoms with Gasteiger partial charge in [-0.05, 0) is 31.8 Å². The molecule has 1 aromatic rings. The molecule has 5 heteroatoms. The monoisotopic (exact) mass is 236 g/mol. The summed E-state index contributed by atoms with van der Waals surface area (Å²) in [5.74, 6) is 1.27. The molecule has 0 aliphatic carbocycles. The minimum absolute atomic E-state index is 0.153. The summed E-state index contributed by atoms with van der Waals surface area (Å²) in [7, 11) is 0. The Hall–Kier alpha value is -1.36. The predicted molar refractivity (Wildman–Crippen MR) is 68.2 cm³/mol. The molecule has 2 rings (SSSR count). The summed E-state index contributed by atoms with van der Waals surface area (Å²) < 4.78 is 0. The zero-order valence-corrected chi connectivity index (χ0v) is 10.3. The molecule has 0 unspecified atom stereocenters. The maximum Gasteiger partial charge on any atom is 0.290 e. The summed E-state index contributed by atoms with van der Waals surface area (Å²) >= 11 is 0. The van der Waals surface area contributed by atoms with Crippen LogP contribution in [0.4, 0.5) is 5.82 Å². The smallest absolute Gasteiger partial charge is 0.290 e. The van der Waals surface area contributed by atoms with Gasteiger partial charge in [-0.2, -0.15) is 0 Å². The topological polar surface area (TPSA) is 61.0 Å². The zero-order valence-electron chi connectivity index (χ0n) is 10.3. The largest absolute Gasteiger partial charge is 0.364 e. The van der Waals surface area contributed by atoms with Crippen LogP contribution < -0.4 is 10.9 Å². The van der Waals surface area contributed by atoms with Gasteiger partial charge in [0.2, 0.25) is 0 Å². The van der Waals surface area contributed by atoms with Crippen LogP contribution in [0, 0.1) is 5.92 Å². The van der Waals surface area contributed by atoms with Crippen molar-refractivity contribution in [2.45, 2.75) is 19.8 Å². The number of hydrogen-bond acceptors (Lipinski definition) is 4. The van der Waals surface area contributed by atoms with Crippen LogP contribution in [-0.2, 0) is 0 Å². The number of hydrogen-bond donors (Lipinski definition) is 2. The Bertz CT molecular complexity index is 395. The lowest BCUT2D eigenvalue weighted by atomic mass is 9.99. The van der Waals surface area contributed by atoms with E-state index in [0.717, 1.165) is 19.0 Å². The summed E-state index contributed by atoms with van der Waals surface area (Å²) in [6.45, 7) is 6.39. The lowest BCUT2D eigenvalue weighted by Gasteiger charge is -2.30. The van der Waals surface area contributed by atoms with Crippen LogP contribution in [0.2, 0.25) is 0 Å². The lowest BCUT2D eigenvalue weighted by molar-refractivity contribution is 0.199. The number of aromatic nitrogens is 2. The van der Waals surface area contributed by atoms with E-state index in [-0.39, 0.29) is 5.56 Å². The van der Waals surface area contributed by atoms with Gasteiger partial charge in [0.1, 0.15) is 0 Å². The fourth-order valence-corrected chi connectivity index (χ4v) is 2.10. The minimum Gasteiger partial charge on any atom is -0.364 e. The number of rotatable bonds is 4. The van der Waals surface area contributed by atoms with Crippen molar-refractivity contribution in [1.82, 2.24) is 14.9 Å². The highest BCUT2D eigenvalue weighted by Crippen LogP contribution is 2.15. The van der Waals surface area contributed by atoms with Crippen LogP contribution in [0.15, 0.2) is 17.2 Å². The van der Waals surface area contributed by atoms with Crippen molar-refractivity contribution in [3.63, 3.8) is 0 Å². The highest BCUT2D eigenvalue weighted by Gasteiger charge is 2.14. The lowest BCUT2D eigenvalue weighted by Crippen LogP contribution is -2.36. The number of likely N-dealkylation sites (tertiary alicyclic amines) is 1. The van der Waals surface area contributed by atoms with E-state index in [1.807, 2.05) is 0 Å². The molecule has 0 bridgehead atoms.